The van der Waals surface area contributed by atoms with Crippen molar-refractivity contribution in [1.82, 2.24) is 0 Å². The van der Waals surface area contributed by atoms with Gasteiger partial charge < -0.3 is 54.7 Å². The van der Waals surface area contributed by atoms with E-state index in [0.29, 0.717) is 19.3 Å². The van der Waals surface area contributed by atoms with Crippen molar-refractivity contribution in [3.05, 3.63) is 24.3 Å². The van der Waals surface area contributed by atoms with E-state index in [2.05, 4.69) is 53.3 Å². The van der Waals surface area contributed by atoms with Crippen LogP contribution in [0.4, 0.5) is 0 Å². The summed E-state index contributed by atoms with van der Waals surface area (Å²) in [7, 11) is 0. The van der Waals surface area contributed by atoms with E-state index < -0.39 is 73.3 Å². The molecule has 52 heavy (non-hydrogen) atoms. The van der Waals surface area contributed by atoms with Crippen molar-refractivity contribution in [2.45, 2.75) is 154 Å². The molecule has 12 heteroatoms. The molecule has 7 aliphatic rings. The Bertz CT molecular complexity index is 1420. The van der Waals surface area contributed by atoms with Gasteiger partial charge in [-0.1, -0.05) is 58.9 Å². The molecule has 18 atom stereocenters. The van der Waals surface area contributed by atoms with E-state index in [1.165, 1.54) is 5.57 Å². The first-order valence-corrected chi connectivity index (χ1v) is 19.5. The van der Waals surface area contributed by atoms with Gasteiger partial charge in [0.05, 0.1) is 24.7 Å². The minimum absolute atomic E-state index is 0.0298. The number of hydrogen-bond donors (Lipinski definition) is 7. The number of fused-ring (bicyclic) bond motifs is 7. The van der Waals surface area contributed by atoms with Gasteiger partial charge in [0, 0.05) is 0 Å². The average Bonchev–Trinajstić information content (AvgIpc) is 3.09. The van der Waals surface area contributed by atoms with Gasteiger partial charge in [-0.25, -0.2) is 0 Å². The highest BCUT2D eigenvalue weighted by Gasteiger charge is 2.70. The number of hydrogen-bond acceptors (Lipinski definition) is 11. The smallest absolute Gasteiger partial charge is 0.309 e. The van der Waals surface area contributed by atoms with Crippen molar-refractivity contribution < 1.29 is 59.5 Å². The van der Waals surface area contributed by atoms with Crippen molar-refractivity contribution in [3.8, 4) is 0 Å². The quantitative estimate of drug-likeness (QED) is 0.156. The van der Waals surface area contributed by atoms with Crippen LogP contribution in [0.1, 0.15) is 92.4 Å². The first kappa shape index (κ1) is 38.8. The van der Waals surface area contributed by atoms with Gasteiger partial charge in [0.15, 0.2) is 12.6 Å². The Balaban J connectivity index is 1.12. The fraction of sp³-hybridized carbons (Fsp3) is 0.875. The fourth-order valence-electron chi connectivity index (χ4n) is 13.0. The molecule has 0 amide bonds. The molecule has 7 N–H and O–H groups in total. The van der Waals surface area contributed by atoms with E-state index in [9.17, 15) is 40.5 Å². The number of carbonyl (C=O) groups is 1. The van der Waals surface area contributed by atoms with Crippen LogP contribution in [0.3, 0.4) is 0 Å². The summed E-state index contributed by atoms with van der Waals surface area (Å²) in [5, 5.41) is 73.7. The number of carboxylic acid groups (broad SMARTS) is 1. The fourth-order valence-corrected chi connectivity index (χ4v) is 13.0. The van der Waals surface area contributed by atoms with E-state index in [4.69, 9.17) is 18.9 Å². The summed E-state index contributed by atoms with van der Waals surface area (Å²) in [5.74, 6) is 0.108. The summed E-state index contributed by atoms with van der Waals surface area (Å²) in [4.78, 5) is 12.9. The topological polar surface area (TPSA) is 196 Å². The van der Waals surface area contributed by atoms with Crippen molar-refractivity contribution in [2.24, 2.45) is 50.7 Å². The number of aliphatic hydroxyl groups excluding tert-OH is 6. The summed E-state index contributed by atoms with van der Waals surface area (Å²) in [6.07, 6.45) is -0.879. The molecule has 4 saturated carbocycles. The Morgan fingerprint density at radius 2 is 1.60 bits per heavy atom. The van der Waals surface area contributed by atoms with E-state index in [-0.39, 0.29) is 58.0 Å². The molecule has 0 bridgehead atoms. The predicted octanol–water partition coefficient (Wildman–Crippen LogP) is 2.91. The second-order valence-electron chi connectivity index (χ2n) is 18.9. The summed E-state index contributed by atoms with van der Waals surface area (Å²) in [6.45, 7) is 15.2. The Morgan fingerprint density at radius 3 is 2.29 bits per heavy atom. The van der Waals surface area contributed by atoms with Crippen LogP contribution in [0.2, 0.25) is 0 Å². The molecule has 2 aliphatic heterocycles. The zero-order valence-corrected chi connectivity index (χ0v) is 31.4. The molecule has 1 unspecified atom stereocenters. The largest absolute Gasteiger partial charge is 0.481 e. The summed E-state index contributed by atoms with van der Waals surface area (Å²) >= 11 is 0. The normalized spacial score (nSPS) is 54.3. The second-order valence-corrected chi connectivity index (χ2v) is 18.9. The van der Waals surface area contributed by atoms with Crippen LogP contribution in [-0.4, -0.2) is 116 Å². The maximum atomic E-state index is 12.9. The first-order chi connectivity index (χ1) is 24.4. The SMILES string of the molecule is C=C1CC[C@]2(C(=O)O)CC[C@]3(C)[C@H](C=C[C@@H]4[C@@]5(C)CCC(O[C@@H]6O[C@H](CO)[C@@H](O)[C@H](O[C@@H]7OC[C@@H](O)[C@H](O)[C@H]7O)[C@H]6O)C(C)(C)[C@@H]5CC[C@]43C)[C@@H]2C1. The van der Waals surface area contributed by atoms with Gasteiger partial charge in [-0.15, -0.1) is 0 Å². The number of aliphatic hydroxyl groups is 6. The monoisotopic (exact) mass is 734 g/mol. The third kappa shape index (κ3) is 5.56. The van der Waals surface area contributed by atoms with Crippen LogP contribution < -0.4 is 0 Å². The van der Waals surface area contributed by atoms with Crippen molar-refractivity contribution in [3.63, 3.8) is 0 Å². The molecule has 0 radical (unpaired) electrons. The van der Waals surface area contributed by atoms with Crippen LogP contribution in [-0.2, 0) is 23.7 Å². The molecular weight excluding hydrogens is 672 g/mol. The van der Waals surface area contributed by atoms with Crippen LogP contribution >= 0.6 is 0 Å². The molecule has 0 aromatic carbocycles. The Hall–Kier alpha value is -1.45. The second kappa shape index (κ2) is 13.3. The standard InChI is InChI=1S/C40H62O12/c1-20-9-14-40(35(47)48)16-15-38(5)21(22(40)17-20)7-8-26-37(4)12-11-27(36(2,3)25(37)10-13-39(26,38)6)51-34-31(46)32(29(44)24(18-41)50-34)52-33-30(45)28(43)23(42)19-49-33/h7-8,21-34,41-46H,1,9-19H2,2-6H3,(H,47,48)/t21-,22+,23-,24-,25+,26-,27?,28+,29-,30-,31-,32+,33+,34+,37+,38-,39-,40+/m1/s1. The summed E-state index contributed by atoms with van der Waals surface area (Å²) in [5.41, 5.74) is -0.0360. The van der Waals surface area contributed by atoms with Gasteiger partial charge in [0.1, 0.15) is 42.7 Å². The van der Waals surface area contributed by atoms with Crippen molar-refractivity contribution >= 4 is 5.97 Å². The number of rotatable bonds is 6. The lowest BCUT2D eigenvalue weighted by molar-refractivity contribution is -0.361. The maximum Gasteiger partial charge on any atom is 0.309 e. The minimum Gasteiger partial charge on any atom is -0.481 e. The molecule has 2 heterocycles. The van der Waals surface area contributed by atoms with Crippen molar-refractivity contribution in [1.29, 1.82) is 0 Å². The Labute approximate surface area is 307 Å². The molecule has 2 saturated heterocycles. The summed E-state index contributed by atoms with van der Waals surface area (Å²) in [6, 6.07) is 0. The molecule has 5 aliphatic carbocycles. The number of allylic oxidation sites excluding steroid dienone is 3. The van der Waals surface area contributed by atoms with Gasteiger partial charge in [-0.2, -0.15) is 0 Å². The van der Waals surface area contributed by atoms with E-state index in [1.807, 2.05) is 0 Å². The van der Waals surface area contributed by atoms with Gasteiger partial charge in [0.2, 0.25) is 0 Å². The first-order valence-electron chi connectivity index (χ1n) is 19.5. The van der Waals surface area contributed by atoms with Gasteiger partial charge in [0.25, 0.3) is 0 Å². The Kier molecular flexibility index (Phi) is 9.96. The molecule has 7 rings (SSSR count). The van der Waals surface area contributed by atoms with E-state index in [1.54, 1.807) is 0 Å². The van der Waals surface area contributed by atoms with Gasteiger partial charge in [-0.3, -0.25) is 4.79 Å². The van der Waals surface area contributed by atoms with E-state index >= 15 is 0 Å². The number of ether oxygens (including phenoxy) is 4. The zero-order valence-electron chi connectivity index (χ0n) is 31.4. The van der Waals surface area contributed by atoms with E-state index in [0.717, 1.165) is 38.5 Å². The highest BCUT2D eigenvalue weighted by molar-refractivity contribution is 5.76. The van der Waals surface area contributed by atoms with Crippen LogP contribution in [0, 0.1) is 50.7 Å². The third-order valence-electron chi connectivity index (χ3n) is 16.3. The molecule has 0 aromatic heterocycles. The lowest BCUT2D eigenvalue weighted by Gasteiger charge is -2.71. The third-order valence-corrected chi connectivity index (χ3v) is 16.3. The van der Waals surface area contributed by atoms with Gasteiger partial charge in [-0.05, 0) is 103 Å². The molecule has 294 valence electrons. The van der Waals surface area contributed by atoms with Crippen LogP contribution in [0.5, 0.6) is 0 Å². The van der Waals surface area contributed by atoms with Crippen LogP contribution in [0.25, 0.3) is 0 Å². The lowest BCUT2D eigenvalue weighted by Crippen LogP contribution is -2.67. The molecule has 12 nitrogen and oxygen atoms in total. The predicted molar refractivity (Wildman–Crippen MR) is 187 cm³/mol. The molecule has 6 fully saturated rings. The zero-order chi connectivity index (χ0) is 37.8. The van der Waals surface area contributed by atoms with Crippen LogP contribution in [0.15, 0.2) is 24.3 Å². The maximum absolute atomic E-state index is 12.9. The highest BCUT2D eigenvalue weighted by atomic mass is 16.7. The minimum atomic E-state index is -1.63. The molecular formula is C40H62O12. The number of aliphatic carboxylic acids is 1. The van der Waals surface area contributed by atoms with Crippen molar-refractivity contribution in [2.75, 3.05) is 13.2 Å². The number of carboxylic acids is 1. The highest BCUT2D eigenvalue weighted by Crippen LogP contribution is 2.75. The average molecular weight is 735 g/mol. The summed E-state index contributed by atoms with van der Waals surface area (Å²) < 4.78 is 23.8. The molecule has 0 spiro atoms. The Morgan fingerprint density at radius 1 is 0.865 bits per heavy atom. The lowest BCUT2D eigenvalue weighted by atomic mass is 9.33. The van der Waals surface area contributed by atoms with Gasteiger partial charge >= 0.3 is 5.97 Å². The molecule has 0 aromatic rings.